The Labute approximate surface area is 164 Å². The average Bonchev–Trinajstić information content (AvgIpc) is 2.64. The second-order valence-electron chi connectivity index (χ2n) is 8.26. The summed E-state index contributed by atoms with van der Waals surface area (Å²) in [6.07, 6.45) is -0.287. The lowest BCUT2D eigenvalue weighted by Crippen LogP contribution is -2.57. The van der Waals surface area contributed by atoms with Crippen molar-refractivity contribution in [1.29, 1.82) is 5.26 Å². The molecule has 2 aliphatic heterocycles. The quantitative estimate of drug-likeness (QED) is 0.676. The van der Waals surface area contributed by atoms with Gasteiger partial charge in [-0.3, -0.25) is 9.59 Å². The number of piperidine rings is 1. The number of rotatable bonds is 4. The number of carbonyl (C=O) groups is 2. The number of nitrogens with one attached hydrogen (secondary N) is 3. The number of hydrogen-bond acceptors (Lipinski definition) is 4. The fraction of sp³-hybridized carbons (Fsp3) is 0.750. The van der Waals surface area contributed by atoms with Gasteiger partial charge >= 0.3 is 0 Å². The zero-order valence-electron chi connectivity index (χ0n) is 16.3. The van der Waals surface area contributed by atoms with Gasteiger partial charge in [-0.1, -0.05) is 5.57 Å². The fourth-order valence-electron chi connectivity index (χ4n) is 4.79. The van der Waals surface area contributed by atoms with Gasteiger partial charge in [0.1, 0.15) is 12.3 Å². The Morgan fingerprint density at radius 2 is 2.11 bits per heavy atom. The summed E-state index contributed by atoms with van der Waals surface area (Å²) in [6, 6.07) is 0.777. The summed E-state index contributed by atoms with van der Waals surface area (Å²) in [5.41, 5.74) is 0.966. The lowest BCUT2D eigenvalue weighted by molar-refractivity contribution is -0.125. The molecule has 8 heteroatoms. The van der Waals surface area contributed by atoms with Crippen LogP contribution in [0.4, 0.5) is 8.78 Å². The van der Waals surface area contributed by atoms with Crippen LogP contribution in [-0.2, 0) is 9.59 Å². The van der Waals surface area contributed by atoms with E-state index in [2.05, 4.69) is 22.0 Å². The van der Waals surface area contributed by atoms with E-state index in [1.807, 2.05) is 0 Å². The van der Waals surface area contributed by atoms with Crippen molar-refractivity contribution in [3.63, 3.8) is 0 Å². The van der Waals surface area contributed by atoms with Gasteiger partial charge < -0.3 is 16.0 Å². The fourth-order valence-corrected chi connectivity index (χ4v) is 4.79. The molecule has 1 saturated heterocycles. The van der Waals surface area contributed by atoms with E-state index in [-0.39, 0.29) is 36.6 Å². The second kappa shape index (κ2) is 8.56. The van der Waals surface area contributed by atoms with Crippen LogP contribution in [0.1, 0.15) is 46.0 Å². The largest absolute Gasteiger partial charge is 0.352 e. The Bertz CT molecular complexity index is 705. The van der Waals surface area contributed by atoms with Crippen LogP contribution < -0.4 is 16.0 Å². The van der Waals surface area contributed by atoms with Gasteiger partial charge in [-0.15, -0.1) is 0 Å². The van der Waals surface area contributed by atoms with Crippen molar-refractivity contribution in [1.82, 2.24) is 16.0 Å². The molecule has 3 N–H and O–H groups in total. The molecule has 6 unspecified atom stereocenters. The highest BCUT2D eigenvalue weighted by atomic mass is 19.1. The smallest absolute Gasteiger partial charge is 0.247 e. The van der Waals surface area contributed by atoms with E-state index >= 15 is 0 Å². The first-order valence-corrected chi connectivity index (χ1v) is 10.0. The Balaban J connectivity index is 1.63. The Hall–Kier alpha value is -2.01. The highest BCUT2D eigenvalue weighted by molar-refractivity contribution is 6.00. The third-order valence-corrected chi connectivity index (χ3v) is 6.33. The molecule has 3 aliphatic rings. The molecule has 3 rings (SSSR count). The lowest BCUT2D eigenvalue weighted by atomic mass is 9.74. The summed E-state index contributed by atoms with van der Waals surface area (Å²) >= 11 is 0. The van der Waals surface area contributed by atoms with E-state index in [9.17, 15) is 18.4 Å². The molecule has 0 aromatic rings. The summed E-state index contributed by atoms with van der Waals surface area (Å²) in [5.74, 6) is -1.44. The van der Waals surface area contributed by atoms with Gasteiger partial charge in [0, 0.05) is 30.1 Å². The minimum absolute atomic E-state index is 0.141. The highest BCUT2D eigenvalue weighted by Crippen LogP contribution is 2.37. The Kier molecular flexibility index (Phi) is 6.33. The molecule has 0 aromatic carbocycles. The molecule has 28 heavy (non-hydrogen) atoms. The maximum Gasteiger partial charge on any atom is 0.247 e. The van der Waals surface area contributed by atoms with Gasteiger partial charge in [-0.05, 0) is 39.5 Å². The zero-order valence-corrected chi connectivity index (χ0v) is 16.3. The average molecular weight is 394 g/mol. The number of alkyl halides is 2. The number of hydrogen-bond donors (Lipinski definition) is 3. The molecular weight excluding hydrogens is 366 g/mol. The van der Waals surface area contributed by atoms with Crippen LogP contribution in [0.2, 0.25) is 0 Å². The SMILES string of the molecule is CC1=C(CC(=O)N[C@@H](C)C2NCC(C#N)CC2F)C(=O)NC2CCCC(F)C12. The minimum atomic E-state index is -1.23. The standard InChI is InChI=1S/C20H28F2N4O2/c1-10-13(20(28)26-16-5-3-4-14(21)18(10)16)7-17(27)25-11(2)19-15(22)6-12(8-23)9-24-19/h11-12,14-16,18-19,24H,3-7,9H2,1-2H3,(H,25,27)(H,26,28)/t11-,12?,14?,15?,16?,18?,19?/m0/s1. The third kappa shape index (κ3) is 4.19. The molecule has 0 spiro atoms. The molecule has 0 bridgehead atoms. The van der Waals surface area contributed by atoms with E-state index in [1.165, 1.54) is 0 Å². The minimum Gasteiger partial charge on any atom is -0.352 e. The number of nitriles is 1. The topological polar surface area (TPSA) is 94.0 Å². The van der Waals surface area contributed by atoms with E-state index in [1.54, 1.807) is 13.8 Å². The molecule has 154 valence electrons. The predicted molar refractivity (Wildman–Crippen MR) is 99.5 cm³/mol. The summed E-state index contributed by atoms with van der Waals surface area (Å²) in [5, 5.41) is 17.5. The van der Waals surface area contributed by atoms with Gasteiger partial charge in [0.2, 0.25) is 11.8 Å². The Morgan fingerprint density at radius 1 is 1.36 bits per heavy atom. The molecule has 2 heterocycles. The second-order valence-corrected chi connectivity index (χ2v) is 8.26. The monoisotopic (exact) mass is 394 g/mol. The van der Waals surface area contributed by atoms with Gasteiger partial charge in [-0.25, -0.2) is 8.78 Å². The van der Waals surface area contributed by atoms with Crippen molar-refractivity contribution >= 4 is 11.8 Å². The van der Waals surface area contributed by atoms with Crippen LogP contribution in [0.25, 0.3) is 0 Å². The van der Waals surface area contributed by atoms with Gasteiger partial charge in [0.15, 0.2) is 0 Å². The summed E-state index contributed by atoms with van der Waals surface area (Å²) in [7, 11) is 0. The van der Waals surface area contributed by atoms with Crippen molar-refractivity contribution in [2.24, 2.45) is 11.8 Å². The highest BCUT2D eigenvalue weighted by Gasteiger charge is 2.41. The molecule has 6 nitrogen and oxygen atoms in total. The predicted octanol–water partition coefficient (Wildman–Crippen LogP) is 1.67. The first kappa shape index (κ1) is 20.7. The van der Waals surface area contributed by atoms with Crippen LogP contribution in [0, 0.1) is 23.2 Å². The van der Waals surface area contributed by atoms with Crippen LogP contribution in [0.5, 0.6) is 0 Å². The number of halogens is 2. The van der Waals surface area contributed by atoms with Crippen LogP contribution in [0.15, 0.2) is 11.1 Å². The summed E-state index contributed by atoms with van der Waals surface area (Å²) < 4.78 is 28.7. The molecule has 0 radical (unpaired) electrons. The van der Waals surface area contributed by atoms with E-state index in [4.69, 9.17) is 5.26 Å². The number of fused-ring (bicyclic) bond motifs is 1. The lowest BCUT2D eigenvalue weighted by Gasteiger charge is -2.40. The van der Waals surface area contributed by atoms with Crippen molar-refractivity contribution in [2.45, 2.75) is 76.4 Å². The zero-order chi connectivity index (χ0) is 20.4. The van der Waals surface area contributed by atoms with Crippen molar-refractivity contribution < 1.29 is 18.4 Å². The van der Waals surface area contributed by atoms with Crippen LogP contribution in [-0.4, -0.2) is 48.8 Å². The van der Waals surface area contributed by atoms with Crippen molar-refractivity contribution in [3.05, 3.63) is 11.1 Å². The molecule has 1 saturated carbocycles. The van der Waals surface area contributed by atoms with Crippen LogP contribution in [0.3, 0.4) is 0 Å². The first-order chi connectivity index (χ1) is 13.3. The van der Waals surface area contributed by atoms with E-state index in [0.29, 0.717) is 24.1 Å². The van der Waals surface area contributed by atoms with Gasteiger partial charge in [0.25, 0.3) is 0 Å². The van der Waals surface area contributed by atoms with Crippen LogP contribution >= 0.6 is 0 Å². The molecule has 2 amide bonds. The number of amides is 2. The summed E-state index contributed by atoms with van der Waals surface area (Å²) in [4.78, 5) is 24.9. The van der Waals surface area contributed by atoms with Gasteiger partial charge in [-0.2, -0.15) is 5.26 Å². The maximum atomic E-state index is 14.4. The Morgan fingerprint density at radius 3 is 2.79 bits per heavy atom. The van der Waals surface area contributed by atoms with Crippen molar-refractivity contribution in [2.75, 3.05) is 6.54 Å². The normalized spacial score (nSPS) is 36.8. The first-order valence-electron chi connectivity index (χ1n) is 10.0. The maximum absolute atomic E-state index is 14.4. The van der Waals surface area contributed by atoms with Crippen molar-refractivity contribution in [3.8, 4) is 6.07 Å². The molecular formula is C20H28F2N4O2. The third-order valence-electron chi connectivity index (χ3n) is 6.33. The van der Waals surface area contributed by atoms with E-state index < -0.39 is 30.3 Å². The number of nitrogens with zero attached hydrogens (tertiary/aromatic N) is 1. The molecule has 2 fully saturated rings. The molecule has 1 aliphatic carbocycles. The molecule has 0 aromatic heterocycles. The molecule has 7 atom stereocenters. The van der Waals surface area contributed by atoms with Gasteiger partial charge in [0.05, 0.1) is 24.4 Å². The number of carbonyl (C=O) groups excluding carboxylic acids is 2. The van der Waals surface area contributed by atoms with E-state index in [0.717, 1.165) is 12.8 Å². The summed E-state index contributed by atoms with van der Waals surface area (Å²) in [6.45, 7) is 3.82.